The maximum atomic E-state index is 12.7. The van der Waals surface area contributed by atoms with Gasteiger partial charge in [-0.3, -0.25) is 14.2 Å². The van der Waals surface area contributed by atoms with Crippen molar-refractivity contribution in [3.8, 4) is 0 Å². The van der Waals surface area contributed by atoms with Gasteiger partial charge in [0, 0.05) is 11.4 Å². The fraction of sp³-hybridized carbons (Fsp3) is 0.562. The Morgan fingerprint density at radius 3 is 3.00 bits per heavy atom. The highest BCUT2D eigenvalue weighted by Crippen LogP contribution is 2.41. The average molecular weight is 320 g/mol. The van der Waals surface area contributed by atoms with Gasteiger partial charge in [-0.25, -0.2) is 4.98 Å². The van der Waals surface area contributed by atoms with Crippen LogP contribution in [0.3, 0.4) is 0 Å². The van der Waals surface area contributed by atoms with Gasteiger partial charge in [0.2, 0.25) is 0 Å². The number of hydrogen-bond donors (Lipinski definition) is 1. The van der Waals surface area contributed by atoms with E-state index in [-0.39, 0.29) is 5.56 Å². The summed E-state index contributed by atoms with van der Waals surface area (Å²) >= 11 is 1.47. The van der Waals surface area contributed by atoms with Crippen molar-refractivity contribution in [1.82, 2.24) is 9.55 Å². The number of thiophene rings is 1. The summed E-state index contributed by atoms with van der Waals surface area (Å²) in [5, 5.41) is 9.92. The van der Waals surface area contributed by atoms with Crippen LogP contribution in [-0.2, 0) is 17.8 Å². The predicted octanol–water partition coefficient (Wildman–Crippen LogP) is 3.15. The van der Waals surface area contributed by atoms with Crippen LogP contribution in [0.4, 0.5) is 0 Å². The summed E-state index contributed by atoms with van der Waals surface area (Å²) in [7, 11) is 0. The Labute approximate surface area is 132 Å². The maximum absolute atomic E-state index is 12.7. The third-order valence-electron chi connectivity index (χ3n) is 4.35. The zero-order chi connectivity index (χ0) is 15.7. The number of fused-ring (bicyclic) bond motifs is 3. The van der Waals surface area contributed by atoms with E-state index in [0.29, 0.717) is 23.2 Å². The predicted molar refractivity (Wildman–Crippen MR) is 86.7 cm³/mol. The molecule has 1 aliphatic rings. The Balaban J connectivity index is 1.98. The van der Waals surface area contributed by atoms with Crippen molar-refractivity contribution in [2.45, 2.75) is 57.9 Å². The molecule has 2 aromatic rings. The molecule has 5 nitrogen and oxygen atoms in total. The van der Waals surface area contributed by atoms with E-state index in [2.05, 4.69) is 11.9 Å². The fourth-order valence-electron chi connectivity index (χ4n) is 3.18. The molecule has 118 valence electrons. The number of rotatable bonds is 6. The molecule has 1 atom stereocenters. The zero-order valence-electron chi connectivity index (χ0n) is 12.7. The number of hydrogen-bond acceptors (Lipinski definition) is 4. The van der Waals surface area contributed by atoms with Crippen molar-refractivity contribution in [3.05, 3.63) is 27.1 Å². The molecule has 2 aromatic heterocycles. The first-order chi connectivity index (χ1) is 10.6. The van der Waals surface area contributed by atoms with Crippen molar-refractivity contribution in [1.29, 1.82) is 0 Å². The van der Waals surface area contributed by atoms with Gasteiger partial charge in [-0.1, -0.05) is 26.2 Å². The molecule has 2 heterocycles. The standard InChI is InChI=1S/C16H20N2O3S/c1-2-3-4-5-8-18-9-17-14-13(15(18)19)12-10(16(20)21)6-7-11(12)22-14/h9-10H,2-8H2,1H3,(H,20,21). The SMILES string of the molecule is CCCCCCn1cnc2sc3c(c2c1=O)C(C(=O)O)CC3. The van der Waals surface area contributed by atoms with Crippen molar-refractivity contribution >= 4 is 27.5 Å². The Hall–Kier alpha value is -1.69. The lowest BCUT2D eigenvalue weighted by Crippen LogP contribution is -2.22. The Morgan fingerprint density at radius 2 is 2.27 bits per heavy atom. The van der Waals surface area contributed by atoms with E-state index in [1.807, 2.05) is 0 Å². The van der Waals surface area contributed by atoms with Gasteiger partial charge in [0.1, 0.15) is 4.83 Å². The van der Waals surface area contributed by atoms with Crippen LogP contribution in [0.25, 0.3) is 10.2 Å². The van der Waals surface area contributed by atoms with Crippen molar-refractivity contribution in [2.24, 2.45) is 0 Å². The Morgan fingerprint density at radius 1 is 1.45 bits per heavy atom. The normalized spacial score (nSPS) is 17.0. The van der Waals surface area contributed by atoms with Gasteiger partial charge < -0.3 is 5.11 Å². The molecular weight excluding hydrogens is 300 g/mol. The molecule has 0 radical (unpaired) electrons. The molecule has 0 amide bonds. The van der Waals surface area contributed by atoms with Crippen molar-refractivity contribution < 1.29 is 9.90 Å². The van der Waals surface area contributed by atoms with E-state index in [9.17, 15) is 14.7 Å². The molecule has 0 saturated heterocycles. The molecule has 3 rings (SSSR count). The molecule has 0 saturated carbocycles. The molecule has 0 aromatic carbocycles. The highest BCUT2D eigenvalue weighted by Gasteiger charge is 2.34. The number of carboxylic acids is 1. The second-order valence-electron chi connectivity index (χ2n) is 5.85. The van der Waals surface area contributed by atoms with E-state index >= 15 is 0 Å². The van der Waals surface area contributed by atoms with Crippen LogP contribution in [0.2, 0.25) is 0 Å². The zero-order valence-corrected chi connectivity index (χ0v) is 13.5. The summed E-state index contributed by atoms with van der Waals surface area (Å²) in [6.07, 6.45) is 7.32. The second-order valence-corrected chi connectivity index (χ2v) is 6.94. The number of carbonyl (C=O) groups is 1. The number of aromatic nitrogens is 2. The summed E-state index contributed by atoms with van der Waals surface area (Å²) in [5.74, 6) is -1.38. The molecule has 0 aliphatic heterocycles. The summed E-state index contributed by atoms with van der Waals surface area (Å²) in [4.78, 5) is 30.2. The number of unbranched alkanes of at least 4 members (excludes halogenated alkanes) is 3. The monoisotopic (exact) mass is 320 g/mol. The van der Waals surface area contributed by atoms with Crippen LogP contribution in [-0.4, -0.2) is 20.6 Å². The largest absolute Gasteiger partial charge is 0.481 e. The molecular formula is C16H20N2O3S. The first kappa shape index (κ1) is 15.2. The average Bonchev–Trinajstić information content (AvgIpc) is 3.04. The third kappa shape index (κ3) is 2.56. The van der Waals surface area contributed by atoms with Crippen LogP contribution in [0.1, 0.15) is 55.4 Å². The van der Waals surface area contributed by atoms with E-state index in [1.165, 1.54) is 17.8 Å². The van der Waals surface area contributed by atoms with Gasteiger partial charge in [-0.2, -0.15) is 0 Å². The van der Waals surface area contributed by atoms with Gasteiger partial charge in [-0.15, -0.1) is 11.3 Å². The van der Waals surface area contributed by atoms with Crippen LogP contribution in [0, 0.1) is 0 Å². The molecule has 22 heavy (non-hydrogen) atoms. The summed E-state index contributed by atoms with van der Waals surface area (Å²) in [6.45, 7) is 2.81. The van der Waals surface area contributed by atoms with Gasteiger partial charge in [0.25, 0.3) is 5.56 Å². The summed E-state index contributed by atoms with van der Waals surface area (Å²) < 4.78 is 1.64. The lowest BCUT2D eigenvalue weighted by atomic mass is 10.0. The quantitative estimate of drug-likeness (QED) is 0.830. The number of aryl methyl sites for hydroxylation is 2. The molecule has 0 bridgehead atoms. The topological polar surface area (TPSA) is 72.2 Å². The maximum Gasteiger partial charge on any atom is 0.311 e. The molecule has 0 fully saturated rings. The molecule has 1 N–H and O–H groups in total. The van der Waals surface area contributed by atoms with Gasteiger partial charge in [0.15, 0.2) is 0 Å². The number of aliphatic carboxylic acids is 1. The summed E-state index contributed by atoms with van der Waals surface area (Å²) in [5.41, 5.74) is 0.653. The van der Waals surface area contributed by atoms with Crippen molar-refractivity contribution in [3.63, 3.8) is 0 Å². The molecule has 0 spiro atoms. The Bertz CT molecular complexity index is 763. The van der Waals surface area contributed by atoms with Gasteiger partial charge >= 0.3 is 5.97 Å². The van der Waals surface area contributed by atoms with Crippen molar-refractivity contribution in [2.75, 3.05) is 0 Å². The minimum absolute atomic E-state index is 0.0767. The van der Waals surface area contributed by atoms with E-state index < -0.39 is 11.9 Å². The summed E-state index contributed by atoms with van der Waals surface area (Å²) in [6, 6.07) is 0. The Kier molecular flexibility index (Phi) is 4.29. The van der Waals surface area contributed by atoms with Gasteiger partial charge in [0.05, 0.1) is 17.6 Å². The second kappa shape index (κ2) is 6.20. The van der Waals surface area contributed by atoms with Gasteiger partial charge in [-0.05, 0) is 24.8 Å². The van der Waals surface area contributed by atoms with Crippen LogP contribution in [0.15, 0.2) is 11.1 Å². The lowest BCUT2D eigenvalue weighted by Gasteiger charge is -2.07. The minimum Gasteiger partial charge on any atom is -0.481 e. The smallest absolute Gasteiger partial charge is 0.311 e. The first-order valence-corrected chi connectivity index (χ1v) is 8.68. The molecule has 6 heteroatoms. The third-order valence-corrected chi connectivity index (χ3v) is 5.53. The van der Waals surface area contributed by atoms with Crippen LogP contribution < -0.4 is 5.56 Å². The fourth-order valence-corrected chi connectivity index (χ4v) is 4.39. The number of nitrogens with zero attached hydrogens (tertiary/aromatic N) is 2. The van der Waals surface area contributed by atoms with E-state index in [0.717, 1.165) is 36.1 Å². The highest BCUT2D eigenvalue weighted by atomic mass is 32.1. The number of carboxylic acid groups (broad SMARTS) is 1. The lowest BCUT2D eigenvalue weighted by molar-refractivity contribution is -0.138. The van der Waals surface area contributed by atoms with Crippen LogP contribution in [0.5, 0.6) is 0 Å². The van der Waals surface area contributed by atoms with E-state index in [4.69, 9.17) is 0 Å². The van der Waals surface area contributed by atoms with E-state index in [1.54, 1.807) is 10.9 Å². The molecule has 1 aliphatic carbocycles. The molecule has 1 unspecified atom stereocenters. The first-order valence-electron chi connectivity index (χ1n) is 7.87. The highest BCUT2D eigenvalue weighted by molar-refractivity contribution is 7.18. The van der Waals surface area contributed by atoms with Crippen LogP contribution >= 0.6 is 11.3 Å². The minimum atomic E-state index is -0.837.